The maximum absolute atomic E-state index is 5.05. The molecule has 2 heterocycles. The third-order valence-corrected chi connectivity index (χ3v) is 2.39. The number of allylic oxidation sites excluding steroid dienone is 1. The highest BCUT2D eigenvalue weighted by molar-refractivity contribution is 5.84. The summed E-state index contributed by atoms with van der Waals surface area (Å²) < 4.78 is 0. The lowest BCUT2D eigenvalue weighted by Gasteiger charge is -1.98. The Labute approximate surface area is 80.7 Å². The molecule has 2 aliphatic heterocycles. The number of fused-ring (bicyclic) bond motifs is 3. The van der Waals surface area contributed by atoms with Gasteiger partial charge < -0.3 is 4.84 Å². The molecule has 3 heteroatoms. The van der Waals surface area contributed by atoms with Crippen molar-refractivity contribution in [3.63, 3.8) is 0 Å². The number of hydrogen-bond acceptors (Lipinski definition) is 3. The maximum Gasteiger partial charge on any atom is 0.145 e. The molecule has 0 aromatic heterocycles. The number of aliphatic imine (C=N–C) groups is 1. The molecule has 3 nitrogen and oxygen atoms in total. The van der Waals surface area contributed by atoms with E-state index in [4.69, 9.17) is 4.84 Å². The topological polar surface area (TPSA) is 34.0 Å². The summed E-state index contributed by atoms with van der Waals surface area (Å²) in [6, 6.07) is 4.01. The molecule has 0 saturated heterocycles. The highest BCUT2D eigenvalue weighted by Crippen LogP contribution is 2.05. The fourth-order valence-corrected chi connectivity index (χ4v) is 1.69. The Kier molecular flexibility index (Phi) is 1.50. The van der Waals surface area contributed by atoms with Crippen LogP contribution in [-0.2, 0) is 11.4 Å². The molecule has 0 aliphatic carbocycles. The molecule has 0 amide bonds. The van der Waals surface area contributed by atoms with Crippen LogP contribution < -0.4 is 10.6 Å². The van der Waals surface area contributed by atoms with Crippen molar-refractivity contribution in [1.82, 2.24) is 0 Å². The van der Waals surface area contributed by atoms with Crippen LogP contribution in [0, 0.1) is 0 Å². The molecule has 2 aliphatic rings. The Hall–Kier alpha value is -1.90. The Morgan fingerprint density at radius 3 is 3.29 bits per heavy atom. The highest BCUT2D eigenvalue weighted by atomic mass is 16.6. The van der Waals surface area contributed by atoms with Gasteiger partial charge in [-0.2, -0.15) is 0 Å². The molecule has 1 aromatic carbocycles. The van der Waals surface area contributed by atoms with Crippen LogP contribution >= 0.6 is 0 Å². The summed E-state index contributed by atoms with van der Waals surface area (Å²) >= 11 is 0. The Balaban J connectivity index is 2.42. The summed E-state index contributed by atoms with van der Waals surface area (Å²) in [5.41, 5.74) is 2.25. The smallest absolute Gasteiger partial charge is 0.145 e. The summed E-state index contributed by atoms with van der Waals surface area (Å²) in [7, 11) is 0. The van der Waals surface area contributed by atoms with E-state index in [1.165, 1.54) is 5.22 Å². The third kappa shape index (κ3) is 0.988. The van der Waals surface area contributed by atoms with Gasteiger partial charge in [0, 0.05) is 23.5 Å². The molecule has 0 unspecified atom stereocenters. The largest absolute Gasteiger partial charge is 0.390 e. The predicted octanol–water partition coefficient (Wildman–Crippen LogP) is 0.478. The van der Waals surface area contributed by atoms with Crippen LogP contribution in [0.2, 0.25) is 0 Å². The van der Waals surface area contributed by atoms with Gasteiger partial charge in [0.1, 0.15) is 12.0 Å². The normalized spacial score (nSPS) is 16.0. The maximum atomic E-state index is 5.05. The van der Waals surface area contributed by atoms with Crippen molar-refractivity contribution in [2.45, 2.75) is 6.61 Å². The van der Waals surface area contributed by atoms with Crippen LogP contribution in [0.4, 0.5) is 0 Å². The number of benzene rings is 1. The second-order valence-corrected chi connectivity index (χ2v) is 3.22. The van der Waals surface area contributed by atoms with Crippen LogP contribution in [-0.4, -0.2) is 6.21 Å². The molecule has 0 atom stereocenters. The minimum absolute atomic E-state index is 0.554. The molecule has 3 rings (SSSR count). The van der Waals surface area contributed by atoms with Gasteiger partial charge in [0.15, 0.2) is 0 Å². The minimum atomic E-state index is 0.554. The summed E-state index contributed by atoms with van der Waals surface area (Å²) in [6.07, 6.45) is 7.61. The zero-order valence-electron chi connectivity index (χ0n) is 7.47. The van der Waals surface area contributed by atoms with E-state index in [1.54, 1.807) is 6.20 Å². The van der Waals surface area contributed by atoms with Gasteiger partial charge in [0.25, 0.3) is 0 Å². The quantitative estimate of drug-likeness (QED) is 0.577. The van der Waals surface area contributed by atoms with E-state index in [9.17, 15) is 0 Å². The first kappa shape index (κ1) is 7.50. The average molecular weight is 184 g/mol. The standard InChI is InChI=1S/C11H8N2O/c1-2-8-3-4-11-10(7-14-13-11)9(8)6-12-5-1/h1-6H,7H2. The average Bonchev–Trinajstić information content (AvgIpc) is 2.55. The van der Waals surface area contributed by atoms with Crippen LogP contribution in [0.25, 0.3) is 6.08 Å². The van der Waals surface area contributed by atoms with Crippen molar-refractivity contribution in [2.24, 2.45) is 10.1 Å². The highest BCUT2D eigenvalue weighted by Gasteiger charge is 2.11. The van der Waals surface area contributed by atoms with Crippen LogP contribution in [0.3, 0.4) is 0 Å². The van der Waals surface area contributed by atoms with Gasteiger partial charge in [-0.05, 0) is 17.4 Å². The van der Waals surface area contributed by atoms with Crippen molar-refractivity contribution in [3.05, 3.63) is 46.1 Å². The molecule has 0 saturated carbocycles. The first-order valence-corrected chi connectivity index (χ1v) is 4.47. The second-order valence-electron chi connectivity index (χ2n) is 3.22. The summed E-state index contributed by atoms with van der Waals surface area (Å²) in [4.78, 5) is 9.21. The SMILES string of the molecule is C1=CN=Cc2c3c(ccc2=C1)=NOC3. The zero-order valence-corrected chi connectivity index (χ0v) is 7.47. The monoisotopic (exact) mass is 184 g/mol. The van der Waals surface area contributed by atoms with E-state index >= 15 is 0 Å². The Morgan fingerprint density at radius 2 is 2.29 bits per heavy atom. The first-order chi connectivity index (χ1) is 6.95. The fraction of sp³-hybridized carbons (Fsp3) is 0.0909. The lowest BCUT2D eigenvalue weighted by molar-refractivity contribution is 0.141. The second kappa shape index (κ2) is 2.80. The molecule has 0 radical (unpaired) electrons. The van der Waals surface area contributed by atoms with E-state index in [2.05, 4.69) is 10.1 Å². The van der Waals surface area contributed by atoms with Crippen molar-refractivity contribution >= 4 is 12.3 Å². The minimum Gasteiger partial charge on any atom is -0.390 e. The van der Waals surface area contributed by atoms with Crippen molar-refractivity contribution in [1.29, 1.82) is 0 Å². The van der Waals surface area contributed by atoms with Crippen LogP contribution in [0.1, 0.15) is 11.1 Å². The first-order valence-electron chi connectivity index (χ1n) is 4.47. The molecule has 14 heavy (non-hydrogen) atoms. The lowest BCUT2D eigenvalue weighted by atomic mass is 10.1. The molecule has 1 aromatic rings. The lowest BCUT2D eigenvalue weighted by Crippen LogP contribution is -2.18. The molecule has 0 bridgehead atoms. The molecular weight excluding hydrogens is 176 g/mol. The third-order valence-electron chi connectivity index (χ3n) is 2.39. The fourth-order valence-electron chi connectivity index (χ4n) is 1.69. The van der Waals surface area contributed by atoms with Gasteiger partial charge >= 0.3 is 0 Å². The Morgan fingerprint density at radius 1 is 1.29 bits per heavy atom. The van der Waals surface area contributed by atoms with E-state index in [-0.39, 0.29) is 0 Å². The van der Waals surface area contributed by atoms with Gasteiger partial charge in [-0.15, -0.1) is 0 Å². The van der Waals surface area contributed by atoms with Gasteiger partial charge in [0.05, 0.1) is 0 Å². The van der Waals surface area contributed by atoms with Gasteiger partial charge in [0.2, 0.25) is 0 Å². The van der Waals surface area contributed by atoms with Gasteiger partial charge in [-0.1, -0.05) is 17.3 Å². The molecule has 0 fully saturated rings. The Bertz CT molecular complexity index is 555. The zero-order chi connectivity index (χ0) is 9.38. The van der Waals surface area contributed by atoms with E-state index < -0.39 is 0 Å². The molecule has 68 valence electrons. The van der Waals surface area contributed by atoms with Gasteiger partial charge in [-0.25, -0.2) is 0 Å². The molecule has 0 N–H and O–H groups in total. The molecular formula is C11H8N2O. The number of hydrogen-bond donors (Lipinski definition) is 0. The van der Waals surface area contributed by atoms with Crippen molar-refractivity contribution in [3.8, 4) is 0 Å². The summed E-state index contributed by atoms with van der Waals surface area (Å²) in [6.45, 7) is 0.554. The summed E-state index contributed by atoms with van der Waals surface area (Å²) in [5, 5.41) is 6.03. The van der Waals surface area contributed by atoms with E-state index in [0.29, 0.717) is 6.61 Å². The molecule has 0 spiro atoms. The van der Waals surface area contributed by atoms with Crippen molar-refractivity contribution < 1.29 is 4.84 Å². The summed E-state index contributed by atoms with van der Waals surface area (Å²) in [5.74, 6) is 0. The van der Waals surface area contributed by atoms with Crippen LogP contribution in [0.15, 0.2) is 34.6 Å². The van der Waals surface area contributed by atoms with Crippen LogP contribution in [0.5, 0.6) is 0 Å². The number of rotatable bonds is 0. The van der Waals surface area contributed by atoms with Crippen molar-refractivity contribution in [2.75, 3.05) is 0 Å². The van der Waals surface area contributed by atoms with E-state index in [1.807, 2.05) is 30.5 Å². The predicted molar refractivity (Wildman–Crippen MR) is 53.2 cm³/mol. The number of nitrogens with zero attached hydrogens (tertiary/aromatic N) is 2. The van der Waals surface area contributed by atoms with Gasteiger partial charge in [-0.3, -0.25) is 4.99 Å². The van der Waals surface area contributed by atoms with E-state index in [0.717, 1.165) is 16.5 Å².